The van der Waals surface area contributed by atoms with Gasteiger partial charge in [-0.2, -0.15) is 0 Å². The number of methoxy groups -OCH3 is 1. The number of carbonyl (C=O) groups excluding carboxylic acids is 1. The first kappa shape index (κ1) is 20.2. The predicted molar refractivity (Wildman–Crippen MR) is 90.5 cm³/mol. The highest BCUT2D eigenvalue weighted by atomic mass is 16.6. The number of aliphatic hydroxyl groups is 1. The maximum Gasteiger partial charge on any atom is 0.407 e. The Hall–Kier alpha value is -0.850. The maximum absolute atomic E-state index is 11.6. The number of aliphatic hydroxyl groups excluding tert-OH is 1. The molecule has 1 aliphatic rings. The summed E-state index contributed by atoms with van der Waals surface area (Å²) in [5.41, 5.74) is -0.466. The van der Waals surface area contributed by atoms with Crippen LogP contribution >= 0.6 is 0 Å². The molecule has 3 atom stereocenters. The molecule has 0 heterocycles. The summed E-state index contributed by atoms with van der Waals surface area (Å²) in [6.45, 7) is 6.78. The molecule has 0 saturated heterocycles. The Kier molecular flexibility index (Phi) is 8.87. The normalized spacial score (nSPS) is 23.3. The summed E-state index contributed by atoms with van der Waals surface area (Å²) in [5, 5.41) is 16.1. The second-order valence-electron chi connectivity index (χ2n) is 7.41. The third kappa shape index (κ3) is 9.79. The van der Waals surface area contributed by atoms with Crippen LogP contribution in [0.5, 0.6) is 0 Å². The molecule has 0 spiro atoms. The van der Waals surface area contributed by atoms with Gasteiger partial charge in [-0.25, -0.2) is 4.79 Å². The third-order valence-electron chi connectivity index (χ3n) is 3.88. The van der Waals surface area contributed by atoms with Crippen molar-refractivity contribution in [2.24, 2.45) is 0 Å². The van der Waals surface area contributed by atoms with Crippen molar-refractivity contribution in [3.63, 3.8) is 0 Å². The summed E-state index contributed by atoms with van der Waals surface area (Å²) in [5.74, 6) is 0. The summed E-state index contributed by atoms with van der Waals surface area (Å²) in [4.78, 5) is 11.6. The van der Waals surface area contributed by atoms with E-state index in [0.29, 0.717) is 19.2 Å². The van der Waals surface area contributed by atoms with Gasteiger partial charge >= 0.3 is 6.09 Å². The Bertz CT molecular complexity index is 344. The van der Waals surface area contributed by atoms with Crippen molar-refractivity contribution in [1.29, 1.82) is 0 Å². The molecule has 136 valence electrons. The predicted octanol–water partition coefficient (Wildman–Crippen LogP) is 2.20. The lowest BCUT2D eigenvalue weighted by atomic mass is 9.92. The molecule has 0 aromatic carbocycles. The fraction of sp³-hybridized carbons (Fsp3) is 0.941. The van der Waals surface area contributed by atoms with E-state index in [2.05, 4.69) is 10.6 Å². The molecule has 6 nitrogen and oxygen atoms in total. The van der Waals surface area contributed by atoms with Gasteiger partial charge in [0.25, 0.3) is 0 Å². The van der Waals surface area contributed by atoms with Gasteiger partial charge in [0.1, 0.15) is 5.60 Å². The summed E-state index contributed by atoms with van der Waals surface area (Å²) in [6.07, 6.45) is 5.11. The van der Waals surface area contributed by atoms with Gasteiger partial charge in [0, 0.05) is 25.7 Å². The lowest BCUT2D eigenvalue weighted by Gasteiger charge is -2.30. The van der Waals surface area contributed by atoms with E-state index < -0.39 is 5.60 Å². The Morgan fingerprint density at radius 3 is 2.70 bits per heavy atom. The van der Waals surface area contributed by atoms with E-state index in [1.807, 2.05) is 20.8 Å². The van der Waals surface area contributed by atoms with Crippen molar-refractivity contribution in [2.75, 3.05) is 20.3 Å². The van der Waals surface area contributed by atoms with Crippen LogP contribution in [0.2, 0.25) is 0 Å². The lowest BCUT2D eigenvalue weighted by Crippen LogP contribution is -2.44. The highest BCUT2D eigenvalue weighted by molar-refractivity contribution is 5.67. The average Bonchev–Trinajstić information content (AvgIpc) is 2.42. The van der Waals surface area contributed by atoms with E-state index in [9.17, 15) is 9.90 Å². The molecular formula is C17H34N2O4. The van der Waals surface area contributed by atoms with Crippen molar-refractivity contribution >= 4 is 6.09 Å². The molecule has 3 N–H and O–H groups in total. The van der Waals surface area contributed by atoms with Gasteiger partial charge in [-0.05, 0) is 59.3 Å². The minimum atomic E-state index is -0.466. The molecule has 0 bridgehead atoms. The van der Waals surface area contributed by atoms with Crippen molar-refractivity contribution in [2.45, 2.75) is 83.1 Å². The Morgan fingerprint density at radius 1 is 1.35 bits per heavy atom. The maximum atomic E-state index is 11.6. The number of hydrogen-bond acceptors (Lipinski definition) is 5. The van der Waals surface area contributed by atoms with E-state index in [-0.39, 0.29) is 18.2 Å². The van der Waals surface area contributed by atoms with Gasteiger partial charge in [-0.3, -0.25) is 0 Å². The molecule has 0 aromatic rings. The zero-order valence-electron chi connectivity index (χ0n) is 15.1. The third-order valence-corrected chi connectivity index (χ3v) is 3.88. The zero-order chi connectivity index (χ0) is 17.3. The topological polar surface area (TPSA) is 79.8 Å². The van der Waals surface area contributed by atoms with Crippen LogP contribution in [-0.2, 0) is 9.47 Å². The summed E-state index contributed by atoms with van der Waals surface area (Å²) in [7, 11) is 1.70. The van der Waals surface area contributed by atoms with E-state index in [0.717, 1.165) is 38.5 Å². The molecular weight excluding hydrogens is 296 g/mol. The van der Waals surface area contributed by atoms with Crippen LogP contribution in [0.4, 0.5) is 4.79 Å². The molecule has 1 fully saturated rings. The highest BCUT2D eigenvalue weighted by Crippen LogP contribution is 2.19. The van der Waals surface area contributed by atoms with Crippen molar-refractivity contribution in [3.8, 4) is 0 Å². The van der Waals surface area contributed by atoms with Crippen LogP contribution in [-0.4, -0.2) is 55.2 Å². The van der Waals surface area contributed by atoms with Gasteiger partial charge in [-0.1, -0.05) is 0 Å². The van der Waals surface area contributed by atoms with Crippen molar-refractivity contribution in [1.82, 2.24) is 10.6 Å². The molecule has 0 radical (unpaired) electrons. The number of amides is 1. The van der Waals surface area contributed by atoms with E-state index in [1.165, 1.54) is 0 Å². The minimum Gasteiger partial charge on any atom is -0.444 e. The minimum absolute atomic E-state index is 0.182. The Morgan fingerprint density at radius 2 is 2.09 bits per heavy atom. The second kappa shape index (κ2) is 10.1. The molecule has 0 aliphatic heterocycles. The highest BCUT2D eigenvalue weighted by Gasteiger charge is 2.22. The van der Waals surface area contributed by atoms with E-state index in [1.54, 1.807) is 7.11 Å². The lowest BCUT2D eigenvalue weighted by molar-refractivity contribution is 0.0525. The van der Waals surface area contributed by atoms with Gasteiger partial charge in [0.2, 0.25) is 0 Å². The van der Waals surface area contributed by atoms with Crippen LogP contribution in [0.3, 0.4) is 0 Å². The molecule has 6 heteroatoms. The smallest absolute Gasteiger partial charge is 0.407 e. The fourth-order valence-corrected chi connectivity index (χ4v) is 2.92. The summed E-state index contributed by atoms with van der Waals surface area (Å²) < 4.78 is 10.5. The first-order valence-corrected chi connectivity index (χ1v) is 8.70. The van der Waals surface area contributed by atoms with Gasteiger partial charge in [0.15, 0.2) is 0 Å². The van der Waals surface area contributed by atoms with Crippen molar-refractivity contribution in [3.05, 3.63) is 0 Å². The number of ether oxygens (including phenoxy) is 2. The average molecular weight is 330 g/mol. The molecule has 1 saturated carbocycles. The number of carbonyl (C=O) groups is 1. The largest absolute Gasteiger partial charge is 0.444 e. The Labute approximate surface area is 140 Å². The monoisotopic (exact) mass is 330 g/mol. The van der Waals surface area contributed by atoms with Crippen LogP contribution in [0.1, 0.15) is 59.3 Å². The molecule has 1 rings (SSSR count). The van der Waals surface area contributed by atoms with Crippen LogP contribution < -0.4 is 10.6 Å². The molecule has 1 aliphatic carbocycles. The van der Waals surface area contributed by atoms with Crippen LogP contribution in [0.25, 0.3) is 0 Å². The standard InChI is InChI=1S/C17H34N2O4/c1-17(2,3)23-16(21)18-10-6-8-14(12-22-4)19-13-7-5-9-15(20)11-13/h13-15,19-20H,5-12H2,1-4H3,(H,18,21). The number of nitrogens with one attached hydrogen (secondary N) is 2. The number of rotatable bonds is 8. The SMILES string of the molecule is COCC(CCCNC(=O)OC(C)(C)C)NC1CCCC(O)C1. The zero-order valence-corrected chi connectivity index (χ0v) is 15.1. The number of hydrogen-bond donors (Lipinski definition) is 3. The number of alkyl carbamates (subject to hydrolysis) is 1. The van der Waals surface area contributed by atoms with E-state index >= 15 is 0 Å². The molecule has 23 heavy (non-hydrogen) atoms. The van der Waals surface area contributed by atoms with Crippen molar-refractivity contribution < 1.29 is 19.4 Å². The summed E-state index contributed by atoms with van der Waals surface area (Å²) >= 11 is 0. The van der Waals surface area contributed by atoms with Gasteiger partial charge in [-0.15, -0.1) is 0 Å². The van der Waals surface area contributed by atoms with Crippen LogP contribution in [0, 0.1) is 0 Å². The summed E-state index contributed by atoms with van der Waals surface area (Å²) in [6, 6.07) is 0.605. The molecule has 3 unspecified atom stereocenters. The van der Waals surface area contributed by atoms with Gasteiger partial charge in [0.05, 0.1) is 12.7 Å². The Balaban J connectivity index is 2.23. The van der Waals surface area contributed by atoms with E-state index in [4.69, 9.17) is 9.47 Å². The quantitative estimate of drug-likeness (QED) is 0.595. The second-order valence-corrected chi connectivity index (χ2v) is 7.41. The fourth-order valence-electron chi connectivity index (χ4n) is 2.92. The molecule has 1 amide bonds. The molecule has 0 aromatic heterocycles. The van der Waals surface area contributed by atoms with Crippen LogP contribution in [0.15, 0.2) is 0 Å². The first-order valence-electron chi connectivity index (χ1n) is 8.70. The van der Waals surface area contributed by atoms with Gasteiger partial charge < -0.3 is 25.2 Å². The first-order chi connectivity index (χ1) is 10.8.